The fraction of sp³-hybridized carbons (Fsp3) is 0.643. The molecule has 0 bridgehead atoms. The first-order chi connectivity index (χ1) is 9.74. The summed E-state index contributed by atoms with van der Waals surface area (Å²) >= 11 is 0. The summed E-state index contributed by atoms with van der Waals surface area (Å²) in [6.45, 7) is 4.50. The van der Waals surface area contributed by atoms with Gasteiger partial charge in [-0.3, -0.25) is 4.90 Å². The number of morpholine rings is 1. The SMILES string of the molecule is Nc1cc(C(=O)OCCN2CCOCC2)n(C2CC2)c1. The van der Waals surface area contributed by atoms with E-state index in [1.165, 1.54) is 0 Å². The number of nitrogen functional groups attached to an aromatic ring is 1. The van der Waals surface area contributed by atoms with Crippen LogP contribution in [0.1, 0.15) is 29.4 Å². The van der Waals surface area contributed by atoms with E-state index in [2.05, 4.69) is 4.90 Å². The number of ether oxygens (including phenoxy) is 2. The third-order valence-electron chi connectivity index (χ3n) is 3.76. The molecule has 1 aromatic rings. The maximum atomic E-state index is 12.1. The van der Waals surface area contributed by atoms with Gasteiger partial charge < -0.3 is 19.8 Å². The highest BCUT2D eigenvalue weighted by molar-refractivity contribution is 5.89. The molecule has 1 saturated carbocycles. The van der Waals surface area contributed by atoms with E-state index in [1.54, 1.807) is 6.07 Å². The Labute approximate surface area is 118 Å². The van der Waals surface area contributed by atoms with Gasteiger partial charge in [-0.25, -0.2) is 4.79 Å². The fourth-order valence-corrected chi connectivity index (χ4v) is 2.49. The molecule has 110 valence electrons. The van der Waals surface area contributed by atoms with Crippen molar-refractivity contribution in [2.45, 2.75) is 18.9 Å². The summed E-state index contributed by atoms with van der Waals surface area (Å²) in [6, 6.07) is 2.13. The summed E-state index contributed by atoms with van der Waals surface area (Å²) in [5.41, 5.74) is 6.98. The quantitative estimate of drug-likeness (QED) is 0.811. The van der Waals surface area contributed by atoms with Crippen LogP contribution in [0.15, 0.2) is 12.3 Å². The molecule has 1 aromatic heterocycles. The number of nitrogens with two attached hydrogens (primary N) is 1. The molecule has 0 amide bonds. The third kappa shape index (κ3) is 3.13. The van der Waals surface area contributed by atoms with Gasteiger partial charge in [-0.2, -0.15) is 0 Å². The van der Waals surface area contributed by atoms with Crippen LogP contribution in [0.5, 0.6) is 0 Å². The first-order valence-electron chi connectivity index (χ1n) is 7.18. The van der Waals surface area contributed by atoms with Gasteiger partial charge in [-0.05, 0) is 18.9 Å². The van der Waals surface area contributed by atoms with Gasteiger partial charge in [-0.1, -0.05) is 0 Å². The average Bonchev–Trinajstić information content (AvgIpc) is 3.22. The molecule has 6 nitrogen and oxygen atoms in total. The summed E-state index contributed by atoms with van der Waals surface area (Å²) < 4.78 is 12.6. The number of hydrogen-bond acceptors (Lipinski definition) is 5. The minimum absolute atomic E-state index is 0.276. The van der Waals surface area contributed by atoms with Crippen molar-refractivity contribution in [3.63, 3.8) is 0 Å². The Hall–Kier alpha value is -1.53. The van der Waals surface area contributed by atoms with Crippen molar-refractivity contribution in [1.82, 2.24) is 9.47 Å². The monoisotopic (exact) mass is 279 g/mol. The summed E-state index contributed by atoms with van der Waals surface area (Å²) in [4.78, 5) is 14.4. The van der Waals surface area contributed by atoms with Crippen LogP contribution in [0, 0.1) is 0 Å². The number of nitrogens with zero attached hydrogens (tertiary/aromatic N) is 2. The van der Waals surface area contributed by atoms with Crippen LogP contribution in [0.3, 0.4) is 0 Å². The van der Waals surface area contributed by atoms with Crippen molar-refractivity contribution in [2.24, 2.45) is 0 Å². The Morgan fingerprint density at radius 3 is 2.85 bits per heavy atom. The molecular formula is C14H21N3O3. The number of carbonyl (C=O) groups excluding carboxylic acids is 1. The Bertz CT molecular complexity index is 476. The smallest absolute Gasteiger partial charge is 0.355 e. The van der Waals surface area contributed by atoms with Crippen molar-refractivity contribution in [3.8, 4) is 0 Å². The number of anilines is 1. The summed E-state index contributed by atoms with van der Waals surface area (Å²) in [7, 11) is 0. The maximum absolute atomic E-state index is 12.1. The predicted molar refractivity (Wildman–Crippen MR) is 74.7 cm³/mol. The normalized spacial score (nSPS) is 20.0. The predicted octanol–water partition coefficient (Wildman–Crippen LogP) is 0.894. The summed E-state index contributed by atoms with van der Waals surface area (Å²) in [6.07, 6.45) is 4.06. The molecule has 1 aliphatic carbocycles. The van der Waals surface area contributed by atoms with Crippen molar-refractivity contribution >= 4 is 11.7 Å². The van der Waals surface area contributed by atoms with E-state index in [1.807, 2.05) is 10.8 Å². The van der Waals surface area contributed by atoms with Crippen LogP contribution in [-0.2, 0) is 9.47 Å². The fourth-order valence-electron chi connectivity index (χ4n) is 2.49. The molecule has 2 heterocycles. The highest BCUT2D eigenvalue weighted by Crippen LogP contribution is 2.37. The van der Waals surface area contributed by atoms with Crippen molar-refractivity contribution < 1.29 is 14.3 Å². The molecular weight excluding hydrogens is 258 g/mol. The second kappa shape index (κ2) is 5.85. The lowest BCUT2D eigenvalue weighted by molar-refractivity contribution is 0.0191. The van der Waals surface area contributed by atoms with Gasteiger partial charge in [0.25, 0.3) is 0 Å². The lowest BCUT2D eigenvalue weighted by atomic mass is 10.4. The second-order valence-electron chi connectivity index (χ2n) is 5.39. The van der Waals surface area contributed by atoms with Gasteiger partial charge in [0.1, 0.15) is 12.3 Å². The Morgan fingerprint density at radius 2 is 2.15 bits per heavy atom. The molecule has 1 saturated heterocycles. The first-order valence-corrected chi connectivity index (χ1v) is 7.18. The van der Waals surface area contributed by atoms with Crippen LogP contribution in [-0.4, -0.2) is 54.9 Å². The first kappa shape index (κ1) is 13.5. The largest absolute Gasteiger partial charge is 0.460 e. The summed E-state index contributed by atoms with van der Waals surface area (Å²) in [5, 5.41) is 0. The number of aromatic nitrogens is 1. The van der Waals surface area contributed by atoms with E-state index in [0.717, 1.165) is 45.7 Å². The van der Waals surface area contributed by atoms with Gasteiger partial charge in [-0.15, -0.1) is 0 Å². The molecule has 2 fully saturated rings. The molecule has 3 rings (SSSR count). The van der Waals surface area contributed by atoms with Gasteiger partial charge in [0.15, 0.2) is 0 Å². The second-order valence-corrected chi connectivity index (χ2v) is 5.39. The average molecular weight is 279 g/mol. The zero-order valence-corrected chi connectivity index (χ0v) is 11.6. The van der Waals surface area contributed by atoms with Crippen molar-refractivity contribution in [3.05, 3.63) is 18.0 Å². The third-order valence-corrected chi connectivity index (χ3v) is 3.76. The van der Waals surface area contributed by atoms with Crippen LogP contribution < -0.4 is 5.73 Å². The minimum Gasteiger partial charge on any atom is -0.460 e. The Balaban J connectivity index is 1.51. The molecule has 0 aromatic carbocycles. The van der Waals surface area contributed by atoms with Gasteiger partial charge in [0, 0.05) is 31.9 Å². The van der Waals surface area contributed by atoms with Crippen molar-refractivity contribution in [2.75, 3.05) is 45.2 Å². The zero-order chi connectivity index (χ0) is 13.9. The molecule has 0 radical (unpaired) electrons. The highest BCUT2D eigenvalue weighted by Gasteiger charge is 2.28. The number of rotatable bonds is 5. The van der Waals surface area contributed by atoms with E-state index < -0.39 is 0 Å². The maximum Gasteiger partial charge on any atom is 0.355 e. The van der Waals surface area contributed by atoms with Gasteiger partial charge in [0.05, 0.1) is 18.9 Å². The zero-order valence-electron chi connectivity index (χ0n) is 11.6. The minimum atomic E-state index is -0.276. The van der Waals surface area contributed by atoms with E-state index >= 15 is 0 Å². The van der Waals surface area contributed by atoms with Crippen molar-refractivity contribution in [1.29, 1.82) is 0 Å². The van der Waals surface area contributed by atoms with E-state index in [-0.39, 0.29) is 5.97 Å². The highest BCUT2D eigenvalue weighted by atomic mass is 16.5. The Kier molecular flexibility index (Phi) is 3.93. The molecule has 2 N–H and O–H groups in total. The lowest BCUT2D eigenvalue weighted by Gasteiger charge is -2.26. The lowest BCUT2D eigenvalue weighted by Crippen LogP contribution is -2.38. The van der Waals surface area contributed by atoms with E-state index in [4.69, 9.17) is 15.2 Å². The standard InChI is InChI=1S/C14H21N3O3/c15-11-9-13(17(10-11)12-1-2-12)14(18)20-8-5-16-3-6-19-7-4-16/h9-10,12H,1-8,15H2. The Morgan fingerprint density at radius 1 is 1.40 bits per heavy atom. The van der Waals surface area contributed by atoms with Gasteiger partial charge >= 0.3 is 5.97 Å². The topological polar surface area (TPSA) is 69.7 Å². The number of carbonyl (C=O) groups is 1. The van der Waals surface area contributed by atoms with E-state index in [0.29, 0.717) is 24.0 Å². The van der Waals surface area contributed by atoms with E-state index in [9.17, 15) is 4.79 Å². The van der Waals surface area contributed by atoms with Crippen LogP contribution in [0.2, 0.25) is 0 Å². The molecule has 6 heteroatoms. The molecule has 0 atom stereocenters. The van der Waals surface area contributed by atoms with Crippen LogP contribution in [0.25, 0.3) is 0 Å². The molecule has 0 spiro atoms. The molecule has 20 heavy (non-hydrogen) atoms. The summed E-state index contributed by atoms with van der Waals surface area (Å²) in [5.74, 6) is -0.276. The van der Waals surface area contributed by atoms with Crippen LogP contribution in [0.4, 0.5) is 5.69 Å². The number of hydrogen-bond donors (Lipinski definition) is 1. The molecule has 0 unspecified atom stereocenters. The molecule has 2 aliphatic rings. The number of esters is 1. The van der Waals surface area contributed by atoms with Gasteiger partial charge in [0.2, 0.25) is 0 Å². The molecule has 1 aliphatic heterocycles. The van der Waals surface area contributed by atoms with Crippen LogP contribution >= 0.6 is 0 Å².